The summed E-state index contributed by atoms with van der Waals surface area (Å²) in [6, 6.07) is 5.49. The first kappa shape index (κ1) is 25.7. The number of carbonyl (C=O) groups is 2. The molecule has 2 fully saturated rings. The molecule has 35 heavy (non-hydrogen) atoms. The molecule has 1 aromatic carbocycles. The third kappa shape index (κ3) is 6.66. The van der Waals surface area contributed by atoms with Crippen LogP contribution in [0.2, 0.25) is 5.02 Å². The topological polar surface area (TPSA) is 92.4 Å². The van der Waals surface area contributed by atoms with Gasteiger partial charge in [0.05, 0.1) is 16.4 Å². The maximum absolute atomic E-state index is 13.0. The average Bonchev–Trinajstić information content (AvgIpc) is 3.47. The highest BCUT2D eigenvalue weighted by Gasteiger charge is 2.42. The summed E-state index contributed by atoms with van der Waals surface area (Å²) in [5.74, 6) is 1.08. The lowest BCUT2D eigenvalue weighted by atomic mass is 9.66. The molecule has 2 N–H and O–H groups in total. The zero-order chi connectivity index (χ0) is 25.3. The molecule has 2 aliphatic rings. The Kier molecular flexibility index (Phi) is 7.60. The van der Waals surface area contributed by atoms with Gasteiger partial charge in [0.1, 0.15) is 5.76 Å². The van der Waals surface area contributed by atoms with Gasteiger partial charge in [0.2, 0.25) is 5.91 Å². The smallest absolute Gasteiger partial charge is 0.303 e. The van der Waals surface area contributed by atoms with E-state index >= 15 is 0 Å². The van der Waals surface area contributed by atoms with Crippen molar-refractivity contribution in [2.45, 2.75) is 96.8 Å². The van der Waals surface area contributed by atoms with Crippen LogP contribution in [0.25, 0.3) is 0 Å². The van der Waals surface area contributed by atoms with Crippen LogP contribution >= 0.6 is 11.6 Å². The van der Waals surface area contributed by atoms with Crippen LogP contribution in [-0.4, -0.2) is 22.1 Å². The molecule has 7 heteroatoms. The summed E-state index contributed by atoms with van der Waals surface area (Å²) >= 11 is 6.30. The van der Waals surface area contributed by atoms with E-state index in [1.54, 1.807) is 12.1 Å². The van der Waals surface area contributed by atoms with E-state index in [1.807, 2.05) is 13.0 Å². The van der Waals surface area contributed by atoms with E-state index in [0.29, 0.717) is 40.3 Å². The molecule has 1 heterocycles. The van der Waals surface area contributed by atoms with Crippen LogP contribution in [0.1, 0.15) is 112 Å². The Labute approximate surface area is 212 Å². The van der Waals surface area contributed by atoms with Gasteiger partial charge in [-0.1, -0.05) is 43.6 Å². The monoisotopic (exact) mass is 500 g/mol. The third-order valence-corrected chi connectivity index (χ3v) is 7.51. The van der Waals surface area contributed by atoms with Crippen molar-refractivity contribution in [1.29, 1.82) is 0 Å². The summed E-state index contributed by atoms with van der Waals surface area (Å²) in [4.78, 5) is 24.4. The number of nitrogens with one attached hydrogen (secondary N) is 1. The minimum Gasteiger partial charge on any atom is -0.481 e. The van der Waals surface area contributed by atoms with Crippen molar-refractivity contribution in [3.05, 3.63) is 45.8 Å². The number of rotatable bonds is 10. The third-order valence-electron chi connectivity index (χ3n) is 7.20. The SMILES string of the molecule is Cc1ccc(NC(=O)C[C@H](CCC(=O)O)c2noc(C3CC(CC(C)(C)C)C3)c2C2CC2)c(Cl)c1. The maximum atomic E-state index is 13.0. The second-order valence-corrected chi connectivity index (χ2v) is 12.2. The van der Waals surface area contributed by atoms with Crippen molar-refractivity contribution in [2.24, 2.45) is 11.3 Å². The minimum absolute atomic E-state index is 0.0212. The predicted octanol–water partition coefficient (Wildman–Crippen LogP) is 7.42. The van der Waals surface area contributed by atoms with Crippen molar-refractivity contribution in [2.75, 3.05) is 5.32 Å². The van der Waals surface area contributed by atoms with Crippen LogP contribution in [0.5, 0.6) is 0 Å². The van der Waals surface area contributed by atoms with Crippen LogP contribution in [0.3, 0.4) is 0 Å². The number of aliphatic carboxylic acids is 1. The molecule has 0 unspecified atom stereocenters. The fourth-order valence-electron chi connectivity index (χ4n) is 5.46. The minimum atomic E-state index is -0.877. The molecule has 1 atom stereocenters. The van der Waals surface area contributed by atoms with Gasteiger partial charge in [-0.25, -0.2) is 0 Å². The lowest BCUT2D eigenvalue weighted by Gasteiger charge is -2.38. The Balaban J connectivity index is 1.51. The molecule has 190 valence electrons. The number of halogens is 1. The fourth-order valence-corrected chi connectivity index (χ4v) is 5.74. The molecule has 0 bridgehead atoms. The average molecular weight is 501 g/mol. The first-order chi connectivity index (χ1) is 16.5. The molecule has 0 spiro atoms. The van der Waals surface area contributed by atoms with Crippen molar-refractivity contribution in [1.82, 2.24) is 5.16 Å². The second-order valence-electron chi connectivity index (χ2n) is 11.8. The van der Waals surface area contributed by atoms with Gasteiger partial charge < -0.3 is 14.9 Å². The molecule has 0 radical (unpaired) electrons. The van der Waals surface area contributed by atoms with Gasteiger partial charge in [0, 0.05) is 30.2 Å². The van der Waals surface area contributed by atoms with Gasteiger partial charge in [0.25, 0.3) is 0 Å². The van der Waals surface area contributed by atoms with Gasteiger partial charge in [-0.3, -0.25) is 9.59 Å². The van der Waals surface area contributed by atoms with Gasteiger partial charge >= 0.3 is 5.97 Å². The Morgan fingerprint density at radius 3 is 2.54 bits per heavy atom. The first-order valence-electron chi connectivity index (χ1n) is 12.8. The van der Waals surface area contributed by atoms with Gasteiger partial charge in [-0.2, -0.15) is 0 Å². The number of amides is 1. The van der Waals surface area contributed by atoms with Crippen molar-refractivity contribution >= 4 is 29.2 Å². The molecule has 2 saturated carbocycles. The summed E-state index contributed by atoms with van der Waals surface area (Å²) in [6.07, 6.45) is 6.06. The normalized spacial score (nSPS) is 20.8. The molecule has 1 amide bonds. The number of anilines is 1. The zero-order valence-corrected chi connectivity index (χ0v) is 22.0. The summed E-state index contributed by atoms with van der Waals surface area (Å²) in [5, 5.41) is 17.2. The summed E-state index contributed by atoms with van der Waals surface area (Å²) in [6.45, 7) is 8.79. The number of carboxylic acid groups (broad SMARTS) is 1. The predicted molar refractivity (Wildman–Crippen MR) is 137 cm³/mol. The number of hydrogen-bond acceptors (Lipinski definition) is 4. The molecule has 1 aromatic heterocycles. The Bertz CT molecular complexity index is 1080. The quantitative estimate of drug-likeness (QED) is 0.354. The second kappa shape index (κ2) is 10.3. The Morgan fingerprint density at radius 1 is 1.23 bits per heavy atom. The van der Waals surface area contributed by atoms with E-state index in [4.69, 9.17) is 16.1 Å². The van der Waals surface area contributed by atoms with E-state index in [1.165, 1.54) is 6.42 Å². The van der Waals surface area contributed by atoms with E-state index in [0.717, 1.165) is 48.3 Å². The summed E-state index contributed by atoms with van der Waals surface area (Å²) in [5.41, 5.74) is 3.82. The number of aromatic nitrogens is 1. The fraction of sp³-hybridized carbons (Fsp3) is 0.607. The van der Waals surface area contributed by atoms with E-state index in [2.05, 4.69) is 31.2 Å². The van der Waals surface area contributed by atoms with Gasteiger partial charge in [-0.15, -0.1) is 0 Å². The number of carbonyl (C=O) groups excluding carboxylic acids is 1. The largest absolute Gasteiger partial charge is 0.481 e. The molecule has 4 rings (SSSR count). The lowest BCUT2D eigenvalue weighted by Crippen LogP contribution is -2.26. The standard InChI is InChI=1S/C28H37ClN2O4/c1-16-5-9-22(21(29)11-16)30-23(32)14-19(8-10-24(33)34)26-25(18-6-7-18)27(35-31-26)20-12-17(13-20)15-28(2,3)4/h5,9,11,17-20H,6-8,10,12-15H2,1-4H3,(H,30,32)(H,33,34)/t17?,19-,20?/m0/s1. The number of benzene rings is 1. The van der Waals surface area contributed by atoms with E-state index in [9.17, 15) is 14.7 Å². The Hall–Kier alpha value is -2.34. The molecule has 2 aromatic rings. The summed E-state index contributed by atoms with van der Waals surface area (Å²) in [7, 11) is 0. The van der Waals surface area contributed by atoms with Crippen molar-refractivity contribution in [3.63, 3.8) is 0 Å². The lowest BCUT2D eigenvalue weighted by molar-refractivity contribution is -0.137. The van der Waals surface area contributed by atoms with Gasteiger partial charge in [0.15, 0.2) is 0 Å². The molecule has 0 saturated heterocycles. The summed E-state index contributed by atoms with van der Waals surface area (Å²) < 4.78 is 5.95. The zero-order valence-electron chi connectivity index (χ0n) is 21.2. The molecular weight excluding hydrogens is 464 g/mol. The Morgan fingerprint density at radius 2 is 1.94 bits per heavy atom. The molecule has 0 aliphatic heterocycles. The molecular formula is C28H37ClN2O4. The molecule has 6 nitrogen and oxygen atoms in total. The first-order valence-corrected chi connectivity index (χ1v) is 13.1. The van der Waals surface area contributed by atoms with Crippen LogP contribution < -0.4 is 5.32 Å². The highest BCUT2D eigenvalue weighted by atomic mass is 35.5. The number of nitrogens with zero attached hydrogens (tertiary/aromatic N) is 1. The van der Waals surface area contributed by atoms with Gasteiger partial charge in [-0.05, 0) is 80.4 Å². The number of aryl methyl sites for hydroxylation is 1. The van der Waals surface area contributed by atoms with Crippen LogP contribution in [0, 0.1) is 18.3 Å². The van der Waals surface area contributed by atoms with E-state index in [-0.39, 0.29) is 24.7 Å². The van der Waals surface area contributed by atoms with Crippen LogP contribution in [0.15, 0.2) is 22.7 Å². The number of carboxylic acids is 1. The van der Waals surface area contributed by atoms with Crippen LogP contribution in [-0.2, 0) is 9.59 Å². The highest BCUT2D eigenvalue weighted by molar-refractivity contribution is 6.33. The highest BCUT2D eigenvalue weighted by Crippen LogP contribution is 2.53. The van der Waals surface area contributed by atoms with Crippen LogP contribution in [0.4, 0.5) is 5.69 Å². The molecule has 2 aliphatic carbocycles. The number of hydrogen-bond donors (Lipinski definition) is 2. The van der Waals surface area contributed by atoms with Crippen molar-refractivity contribution < 1.29 is 19.2 Å². The van der Waals surface area contributed by atoms with E-state index < -0.39 is 5.97 Å². The van der Waals surface area contributed by atoms with Crippen molar-refractivity contribution in [3.8, 4) is 0 Å². The maximum Gasteiger partial charge on any atom is 0.303 e.